The first-order valence-electron chi connectivity index (χ1n) is 2.52. The molecule has 0 aromatic heterocycles. The molecule has 0 aromatic carbocycles. The maximum atomic E-state index is 5.04. The first kappa shape index (κ1) is 4.67. The fourth-order valence-corrected chi connectivity index (χ4v) is 0.630. The monoisotopic (exact) mass is 95.1 g/mol. The predicted molar refractivity (Wildman–Crippen MR) is 29.9 cm³/mol. The number of terminal acetylenes is 1. The van der Waals surface area contributed by atoms with Gasteiger partial charge in [-0.15, -0.1) is 6.42 Å². The smallest absolute Gasteiger partial charge is 0.0602 e. The second-order valence-corrected chi connectivity index (χ2v) is 1.98. The lowest BCUT2D eigenvalue weighted by Crippen LogP contribution is -1.97. The molecule has 0 radical (unpaired) electrons. The molecule has 2 atom stereocenters. The molecule has 0 N–H and O–H groups in total. The Bertz CT molecular complexity index is 101. The van der Waals surface area contributed by atoms with Gasteiger partial charge in [0.2, 0.25) is 0 Å². The van der Waals surface area contributed by atoms with Crippen molar-refractivity contribution in [3.8, 4) is 12.3 Å². The van der Waals surface area contributed by atoms with Gasteiger partial charge < -0.3 is 0 Å². The van der Waals surface area contributed by atoms with Crippen molar-refractivity contribution in [1.29, 1.82) is 0 Å². The zero-order valence-electron chi connectivity index (χ0n) is 4.52. The minimum Gasteiger partial charge on any atom is -0.287 e. The van der Waals surface area contributed by atoms with Crippen LogP contribution in [0.2, 0.25) is 0 Å². The molecule has 1 aliphatic heterocycles. The maximum absolute atomic E-state index is 5.04. The molecule has 1 saturated heterocycles. The molecule has 1 fully saturated rings. The van der Waals surface area contributed by atoms with E-state index in [4.69, 9.17) is 6.42 Å². The third-order valence-corrected chi connectivity index (χ3v) is 1.28. The SMILES string of the molecule is C#CCN1CC1C. The molecule has 1 heteroatoms. The summed E-state index contributed by atoms with van der Waals surface area (Å²) in [6.07, 6.45) is 5.04. The van der Waals surface area contributed by atoms with Gasteiger partial charge in [-0.05, 0) is 6.92 Å². The fraction of sp³-hybridized carbons (Fsp3) is 0.667. The summed E-state index contributed by atoms with van der Waals surface area (Å²) < 4.78 is 0. The molecule has 38 valence electrons. The Hall–Kier alpha value is -0.480. The van der Waals surface area contributed by atoms with Crippen LogP contribution in [0.1, 0.15) is 6.92 Å². The number of hydrogen-bond acceptors (Lipinski definition) is 1. The third kappa shape index (κ3) is 0.942. The molecule has 0 aliphatic carbocycles. The van der Waals surface area contributed by atoms with Crippen molar-refractivity contribution < 1.29 is 0 Å². The molecule has 0 aromatic rings. The molecule has 1 rings (SSSR count). The highest BCUT2D eigenvalue weighted by atomic mass is 15.3. The fourth-order valence-electron chi connectivity index (χ4n) is 0.630. The Morgan fingerprint density at radius 2 is 2.57 bits per heavy atom. The average Bonchev–Trinajstić information content (AvgIpc) is 2.22. The van der Waals surface area contributed by atoms with Crippen LogP contribution in [0.4, 0.5) is 0 Å². The third-order valence-electron chi connectivity index (χ3n) is 1.28. The Morgan fingerprint density at radius 3 is 2.71 bits per heavy atom. The van der Waals surface area contributed by atoms with E-state index in [0.717, 1.165) is 12.6 Å². The van der Waals surface area contributed by atoms with Crippen molar-refractivity contribution in [3.63, 3.8) is 0 Å². The van der Waals surface area contributed by atoms with E-state index in [1.54, 1.807) is 0 Å². The van der Waals surface area contributed by atoms with Crippen LogP contribution in [0.5, 0.6) is 0 Å². The lowest BCUT2D eigenvalue weighted by molar-refractivity contribution is 0.588. The second kappa shape index (κ2) is 1.55. The zero-order chi connectivity index (χ0) is 5.28. The first-order valence-corrected chi connectivity index (χ1v) is 2.52. The van der Waals surface area contributed by atoms with Gasteiger partial charge in [0.25, 0.3) is 0 Å². The van der Waals surface area contributed by atoms with Crippen LogP contribution in [0.25, 0.3) is 0 Å². The number of hydrogen-bond donors (Lipinski definition) is 0. The van der Waals surface area contributed by atoms with Gasteiger partial charge in [0, 0.05) is 12.6 Å². The van der Waals surface area contributed by atoms with Gasteiger partial charge in [0.15, 0.2) is 0 Å². The van der Waals surface area contributed by atoms with Crippen molar-refractivity contribution in [2.45, 2.75) is 13.0 Å². The van der Waals surface area contributed by atoms with E-state index in [9.17, 15) is 0 Å². The highest BCUT2D eigenvalue weighted by Crippen LogP contribution is 2.13. The summed E-state index contributed by atoms with van der Waals surface area (Å²) in [6, 6.07) is 0.760. The highest BCUT2D eigenvalue weighted by molar-refractivity contribution is 4.96. The summed E-state index contributed by atoms with van der Waals surface area (Å²) >= 11 is 0. The molecule has 0 bridgehead atoms. The first-order chi connectivity index (χ1) is 3.34. The molecule has 0 amide bonds. The van der Waals surface area contributed by atoms with Crippen LogP contribution in [0.15, 0.2) is 0 Å². The van der Waals surface area contributed by atoms with Crippen LogP contribution in [-0.2, 0) is 0 Å². The largest absolute Gasteiger partial charge is 0.287 e. The van der Waals surface area contributed by atoms with Crippen LogP contribution in [0.3, 0.4) is 0 Å². The van der Waals surface area contributed by atoms with Crippen LogP contribution in [0, 0.1) is 12.3 Å². The Kier molecular flexibility index (Phi) is 1.04. The van der Waals surface area contributed by atoms with E-state index in [-0.39, 0.29) is 0 Å². The van der Waals surface area contributed by atoms with Crippen molar-refractivity contribution in [2.75, 3.05) is 13.1 Å². The van der Waals surface area contributed by atoms with Gasteiger partial charge in [-0.25, -0.2) is 0 Å². The summed E-state index contributed by atoms with van der Waals surface area (Å²) in [5.41, 5.74) is 0. The highest BCUT2D eigenvalue weighted by Gasteiger charge is 2.26. The summed E-state index contributed by atoms with van der Waals surface area (Å²) in [5, 5.41) is 0. The van der Waals surface area contributed by atoms with Crippen molar-refractivity contribution in [3.05, 3.63) is 0 Å². The minimum atomic E-state index is 0.760. The number of nitrogens with zero attached hydrogens (tertiary/aromatic N) is 1. The zero-order valence-corrected chi connectivity index (χ0v) is 4.52. The molecule has 2 unspecified atom stereocenters. The average molecular weight is 95.1 g/mol. The van der Waals surface area contributed by atoms with Gasteiger partial charge in [-0.2, -0.15) is 0 Å². The Balaban J connectivity index is 2.12. The topological polar surface area (TPSA) is 3.01 Å². The van der Waals surface area contributed by atoms with Gasteiger partial charge in [-0.1, -0.05) is 5.92 Å². The van der Waals surface area contributed by atoms with Crippen molar-refractivity contribution >= 4 is 0 Å². The number of rotatable bonds is 1. The molecular formula is C6H9N. The molecule has 0 spiro atoms. The van der Waals surface area contributed by atoms with E-state index in [0.29, 0.717) is 0 Å². The van der Waals surface area contributed by atoms with Crippen molar-refractivity contribution in [2.24, 2.45) is 0 Å². The summed E-state index contributed by atoms with van der Waals surface area (Å²) in [4.78, 5) is 2.24. The van der Waals surface area contributed by atoms with E-state index >= 15 is 0 Å². The lowest BCUT2D eigenvalue weighted by atomic mass is 10.6. The Labute approximate surface area is 44.3 Å². The standard InChI is InChI=1S/C6H9N/c1-3-4-7-5-6(7)2/h1,6H,4-5H2,2H3. The molecule has 1 nitrogen and oxygen atoms in total. The molecular weight excluding hydrogens is 86.1 g/mol. The summed E-state index contributed by atoms with van der Waals surface area (Å²) in [7, 11) is 0. The Morgan fingerprint density at radius 1 is 2.00 bits per heavy atom. The van der Waals surface area contributed by atoms with E-state index in [1.807, 2.05) is 0 Å². The van der Waals surface area contributed by atoms with E-state index < -0.39 is 0 Å². The van der Waals surface area contributed by atoms with Crippen molar-refractivity contribution in [1.82, 2.24) is 4.90 Å². The van der Waals surface area contributed by atoms with Gasteiger partial charge in [0.1, 0.15) is 0 Å². The van der Waals surface area contributed by atoms with Crippen LogP contribution >= 0.6 is 0 Å². The quantitative estimate of drug-likeness (QED) is 0.335. The molecule has 7 heavy (non-hydrogen) atoms. The van der Waals surface area contributed by atoms with Gasteiger partial charge in [0.05, 0.1) is 6.54 Å². The molecule has 1 aliphatic rings. The van der Waals surface area contributed by atoms with E-state index in [2.05, 4.69) is 17.7 Å². The van der Waals surface area contributed by atoms with E-state index in [1.165, 1.54) is 6.54 Å². The van der Waals surface area contributed by atoms with Gasteiger partial charge in [-0.3, -0.25) is 4.90 Å². The minimum absolute atomic E-state index is 0.760. The lowest BCUT2D eigenvalue weighted by Gasteiger charge is -1.86. The summed E-state index contributed by atoms with van der Waals surface area (Å²) in [6.45, 7) is 4.21. The van der Waals surface area contributed by atoms with Crippen LogP contribution < -0.4 is 0 Å². The molecule has 0 saturated carbocycles. The van der Waals surface area contributed by atoms with Crippen LogP contribution in [-0.4, -0.2) is 24.0 Å². The predicted octanol–water partition coefficient (Wildman–Crippen LogP) is 0.324. The molecule has 1 heterocycles. The maximum Gasteiger partial charge on any atom is 0.0602 e. The summed E-state index contributed by atoms with van der Waals surface area (Å²) in [5.74, 6) is 2.59. The normalized spacial score (nSPS) is 37.1. The second-order valence-electron chi connectivity index (χ2n) is 1.98. The van der Waals surface area contributed by atoms with Gasteiger partial charge >= 0.3 is 0 Å².